The highest BCUT2D eigenvalue weighted by atomic mass is 32.1. The Hall–Kier alpha value is -1.36. The molecule has 2 rings (SSSR count). The monoisotopic (exact) mass is 251 g/mol. The molecule has 2 aromatic rings. The molecule has 0 spiro atoms. The van der Waals surface area contributed by atoms with Gasteiger partial charge in [-0.25, -0.2) is 0 Å². The van der Waals surface area contributed by atoms with Crippen LogP contribution in [0, 0.1) is 6.92 Å². The molecule has 0 bridgehead atoms. The van der Waals surface area contributed by atoms with Gasteiger partial charge in [-0.15, -0.1) is 11.3 Å². The molecule has 5 heteroatoms. The van der Waals surface area contributed by atoms with Gasteiger partial charge in [-0.2, -0.15) is 5.10 Å². The largest absolute Gasteiger partial charge is 0.349 e. The van der Waals surface area contributed by atoms with Crippen LogP contribution in [0.15, 0.2) is 6.07 Å². The summed E-state index contributed by atoms with van der Waals surface area (Å²) in [5.41, 5.74) is 0.973. The number of carbonyl (C=O) groups is 1. The van der Waals surface area contributed by atoms with Gasteiger partial charge in [0.15, 0.2) is 0 Å². The van der Waals surface area contributed by atoms with Gasteiger partial charge in [0, 0.05) is 18.5 Å². The summed E-state index contributed by atoms with van der Waals surface area (Å²) >= 11 is 1.49. The van der Waals surface area contributed by atoms with Crippen molar-refractivity contribution in [3.8, 4) is 0 Å². The normalized spacial score (nSPS) is 12.9. The molecule has 0 radical (unpaired) electrons. The molecule has 4 nitrogen and oxygen atoms in total. The zero-order valence-electron chi connectivity index (χ0n) is 10.6. The van der Waals surface area contributed by atoms with Crippen LogP contribution in [-0.4, -0.2) is 21.7 Å². The van der Waals surface area contributed by atoms with Crippen molar-refractivity contribution in [2.24, 2.45) is 7.05 Å². The summed E-state index contributed by atoms with van der Waals surface area (Å²) in [6, 6.07) is 2.15. The second-order valence-electron chi connectivity index (χ2n) is 4.32. The maximum absolute atomic E-state index is 12.0. The van der Waals surface area contributed by atoms with Crippen LogP contribution in [0.2, 0.25) is 0 Å². The molecule has 17 heavy (non-hydrogen) atoms. The minimum absolute atomic E-state index is 0.0138. The molecule has 1 unspecified atom stereocenters. The van der Waals surface area contributed by atoms with Crippen LogP contribution in [0.4, 0.5) is 0 Å². The number of nitrogens with one attached hydrogen (secondary N) is 1. The maximum Gasteiger partial charge on any atom is 0.261 e. The summed E-state index contributed by atoms with van der Waals surface area (Å²) in [4.78, 5) is 13.8. The van der Waals surface area contributed by atoms with Gasteiger partial charge in [0.2, 0.25) is 0 Å². The fraction of sp³-hybridized carbons (Fsp3) is 0.500. The minimum Gasteiger partial charge on any atom is -0.349 e. The Balaban J connectivity index is 2.30. The average Bonchev–Trinajstić information content (AvgIpc) is 2.82. The van der Waals surface area contributed by atoms with E-state index >= 15 is 0 Å². The highest BCUT2D eigenvalue weighted by molar-refractivity contribution is 7.20. The summed E-state index contributed by atoms with van der Waals surface area (Å²) in [6.45, 7) is 6.04. The number of amides is 1. The van der Waals surface area contributed by atoms with Crippen molar-refractivity contribution < 1.29 is 4.79 Å². The van der Waals surface area contributed by atoms with E-state index < -0.39 is 0 Å². The fourth-order valence-electron chi connectivity index (χ4n) is 1.71. The maximum atomic E-state index is 12.0. The third-order valence-corrected chi connectivity index (χ3v) is 4.11. The highest BCUT2D eigenvalue weighted by Gasteiger charge is 2.15. The smallest absolute Gasteiger partial charge is 0.261 e. The topological polar surface area (TPSA) is 46.9 Å². The second-order valence-corrected chi connectivity index (χ2v) is 5.35. The molecule has 1 N–H and O–H groups in total. The van der Waals surface area contributed by atoms with Gasteiger partial charge in [0.1, 0.15) is 4.83 Å². The summed E-state index contributed by atoms with van der Waals surface area (Å²) in [7, 11) is 1.90. The van der Waals surface area contributed by atoms with Crippen molar-refractivity contribution in [2.45, 2.75) is 33.2 Å². The molecule has 2 heterocycles. The molecule has 0 aromatic carbocycles. The third-order valence-electron chi connectivity index (χ3n) is 2.91. The van der Waals surface area contributed by atoms with E-state index in [9.17, 15) is 4.79 Å². The first-order chi connectivity index (χ1) is 8.02. The van der Waals surface area contributed by atoms with E-state index in [4.69, 9.17) is 0 Å². The summed E-state index contributed by atoms with van der Waals surface area (Å²) in [5.74, 6) is 0.0138. The number of fused-ring (bicyclic) bond motifs is 1. The van der Waals surface area contributed by atoms with Crippen LogP contribution in [0.5, 0.6) is 0 Å². The number of carbonyl (C=O) groups excluding carboxylic acids is 1. The molecule has 2 aromatic heterocycles. The lowest BCUT2D eigenvalue weighted by atomic mass is 10.2. The van der Waals surface area contributed by atoms with E-state index in [0.29, 0.717) is 0 Å². The van der Waals surface area contributed by atoms with Crippen LogP contribution < -0.4 is 5.32 Å². The predicted octanol–water partition coefficient (Wildman–Crippen LogP) is 2.47. The summed E-state index contributed by atoms with van der Waals surface area (Å²) < 4.78 is 1.83. The quantitative estimate of drug-likeness (QED) is 0.911. The zero-order valence-corrected chi connectivity index (χ0v) is 11.4. The Morgan fingerprint density at radius 2 is 2.35 bits per heavy atom. The molecule has 0 aliphatic rings. The van der Waals surface area contributed by atoms with Gasteiger partial charge in [-0.05, 0) is 26.3 Å². The Labute approximate surface area is 105 Å². The number of nitrogens with zero attached hydrogens (tertiary/aromatic N) is 2. The molecular formula is C12H17N3OS. The lowest BCUT2D eigenvalue weighted by Crippen LogP contribution is -2.31. The number of aromatic nitrogens is 2. The Morgan fingerprint density at radius 1 is 1.65 bits per heavy atom. The molecule has 92 valence electrons. The molecule has 0 aliphatic carbocycles. The Kier molecular flexibility index (Phi) is 3.19. The first-order valence-corrected chi connectivity index (χ1v) is 6.58. The van der Waals surface area contributed by atoms with E-state index in [0.717, 1.165) is 27.2 Å². The highest BCUT2D eigenvalue weighted by Crippen LogP contribution is 2.27. The van der Waals surface area contributed by atoms with Crippen LogP contribution in [0.3, 0.4) is 0 Å². The van der Waals surface area contributed by atoms with Gasteiger partial charge in [0.05, 0.1) is 10.6 Å². The number of hydrogen-bond donors (Lipinski definition) is 1. The Morgan fingerprint density at radius 3 is 2.94 bits per heavy atom. The van der Waals surface area contributed by atoms with E-state index in [2.05, 4.69) is 17.3 Å². The van der Waals surface area contributed by atoms with E-state index in [-0.39, 0.29) is 11.9 Å². The van der Waals surface area contributed by atoms with Crippen LogP contribution in [0.1, 0.15) is 35.6 Å². The number of aryl methyl sites for hydroxylation is 2. The molecule has 0 aliphatic heterocycles. The molecule has 0 fully saturated rings. The SMILES string of the molecule is CCC(C)NC(=O)c1cc2c(C)nn(C)c2s1. The van der Waals surface area contributed by atoms with E-state index in [1.54, 1.807) is 0 Å². The summed E-state index contributed by atoms with van der Waals surface area (Å²) in [6.07, 6.45) is 0.942. The first kappa shape index (κ1) is 12.1. The number of rotatable bonds is 3. The fourth-order valence-corrected chi connectivity index (χ4v) is 2.74. The zero-order chi connectivity index (χ0) is 12.6. The van der Waals surface area contributed by atoms with Crippen molar-refractivity contribution in [1.82, 2.24) is 15.1 Å². The van der Waals surface area contributed by atoms with Crippen molar-refractivity contribution in [2.75, 3.05) is 0 Å². The van der Waals surface area contributed by atoms with Crippen molar-refractivity contribution >= 4 is 27.5 Å². The molecular weight excluding hydrogens is 234 g/mol. The first-order valence-electron chi connectivity index (χ1n) is 5.77. The molecule has 0 saturated heterocycles. The average molecular weight is 251 g/mol. The minimum atomic E-state index is 0.0138. The van der Waals surface area contributed by atoms with Crippen molar-refractivity contribution in [3.63, 3.8) is 0 Å². The van der Waals surface area contributed by atoms with Gasteiger partial charge in [-0.3, -0.25) is 9.48 Å². The summed E-state index contributed by atoms with van der Waals surface area (Å²) in [5, 5.41) is 8.38. The number of hydrogen-bond acceptors (Lipinski definition) is 3. The van der Waals surface area contributed by atoms with Gasteiger partial charge >= 0.3 is 0 Å². The van der Waals surface area contributed by atoms with Crippen LogP contribution >= 0.6 is 11.3 Å². The van der Waals surface area contributed by atoms with Crippen molar-refractivity contribution in [1.29, 1.82) is 0 Å². The second kappa shape index (κ2) is 4.49. The standard InChI is InChI=1S/C12H17N3OS/c1-5-7(2)13-11(16)10-6-9-8(3)14-15(4)12(9)17-10/h6-7H,5H2,1-4H3,(H,13,16). The van der Waals surface area contributed by atoms with Crippen LogP contribution in [-0.2, 0) is 7.05 Å². The third kappa shape index (κ3) is 2.20. The number of thiophene rings is 1. The predicted molar refractivity (Wildman–Crippen MR) is 70.5 cm³/mol. The van der Waals surface area contributed by atoms with Gasteiger partial charge in [0.25, 0.3) is 5.91 Å². The molecule has 1 amide bonds. The van der Waals surface area contributed by atoms with Gasteiger partial charge in [-0.1, -0.05) is 6.92 Å². The lowest BCUT2D eigenvalue weighted by Gasteiger charge is -2.09. The van der Waals surface area contributed by atoms with Crippen molar-refractivity contribution in [3.05, 3.63) is 16.6 Å². The van der Waals surface area contributed by atoms with E-state index in [1.165, 1.54) is 11.3 Å². The van der Waals surface area contributed by atoms with Gasteiger partial charge < -0.3 is 5.32 Å². The lowest BCUT2D eigenvalue weighted by molar-refractivity contribution is 0.0943. The van der Waals surface area contributed by atoms with E-state index in [1.807, 2.05) is 31.6 Å². The molecule has 1 atom stereocenters. The Bertz CT molecular complexity index is 521. The molecule has 0 saturated carbocycles. The van der Waals surface area contributed by atoms with Crippen LogP contribution in [0.25, 0.3) is 10.2 Å².